The lowest BCUT2D eigenvalue weighted by atomic mass is 10.1. The Hall–Kier alpha value is -1.89. The van der Waals surface area contributed by atoms with Crippen LogP contribution in [-0.4, -0.2) is 51.7 Å². The van der Waals surface area contributed by atoms with Gasteiger partial charge in [0.1, 0.15) is 16.6 Å². The lowest BCUT2D eigenvalue weighted by Gasteiger charge is -2.45. The van der Waals surface area contributed by atoms with Crippen molar-refractivity contribution >= 4 is 38.7 Å². The number of halogens is 1. The first-order chi connectivity index (χ1) is 13.0. The monoisotopic (exact) mass is 448 g/mol. The summed E-state index contributed by atoms with van der Waals surface area (Å²) in [5.74, 6) is 0. The van der Waals surface area contributed by atoms with Gasteiger partial charge in [-0.2, -0.15) is 0 Å². The maximum Gasteiger partial charge on any atom is 0.410 e. The highest BCUT2D eigenvalue weighted by Gasteiger charge is 2.36. The van der Waals surface area contributed by atoms with Gasteiger partial charge >= 0.3 is 6.09 Å². The minimum atomic E-state index is -0.499. The molecule has 6 nitrogen and oxygen atoms in total. The van der Waals surface area contributed by atoms with Gasteiger partial charge in [-0.3, -0.25) is 4.90 Å². The Labute approximate surface area is 175 Å². The molecule has 7 heteroatoms. The first kappa shape index (κ1) is 20.8. The zero-order valence-corrected chi connectivity index (χ0v) is 19.3. The fourth-order valence-corrected chi connectivity index (χ4v) is 4.12. The highest BCUT2D eigenvalue weighted by atomic mass is 79.9. The normalized spacial score (nSPS) is 20.6. The molecule has 1 amide bonds. The molecule has 28 heavy (non-hydrogen) atoms. The SMILES string of the molecule is Cc1nc2c(Br)ccc(N3CC(C)N(C(=O)OC(C)(C)C)C(C)C3)c2nc1C. The predicted molar refractivity (Wildman–Crippen MR) is 116 cm³/mol. The molecule has 1 saturated heterocycles. The summed E-state index contributed by atoms with van der Waals surface area (Å²) in [6.45, 7) is 15.2. The van der Waals surface area contributed by atoms with E-state index in [1.807, 2.05) is 45.6 Å². The van der Waals surface area contributed by atoms with Crippen LogP contribution >= 0.6 is 15.9 Å². The Morgan fingerprint density at radius 2 is 1.61 bits per heavy atom. The Kier molecular flexibility index (Phi) is 5.58. The molecular weight excluding hydrogens is 420 g/mol. The fraction of sp³-hybridized carbons (Fsp3) is 0.571. The van der Waals surface area contributed by atoms with Crippen molar-refractivity contribution < 1.29 is 9.53 Å². The van der Waals surface area contributed by atoms with Crippen molar-refractivity contribution in [2.24, 2.45) is 0 Å². The van der Waals surface area contributed by atoms with E-state index in [4.69, 9.17) is 14.7 Å². The summed E-state index contributed by atoms with van der Waals surface area (Å²) in [5.41, 5.74) is 4.18. The van der Waals surface area contributed by atoms with Crippen LogP contribution in [0.4, 0.5) is 10.5 Å². The molecule has 0 spiro atoms. The Balaban J connectivity index is 1.92. The van der Waals surface area contributed by atoms with Crippen LogP contribution in [0.2, 0.25) is 0 Å². The van der Waals surface area contributed by atoms with Crippen molar-refractivity contribution in [3.63, 3.8) is 0 Å². The molecule has 1 aromatic carbocycles. The third-order valence-corrected chi connectivity index (χ3v) is 5.67. The molecule has 2 aromatic rings. The van der Waals surface area contributed by atoms with Gasteiger partial charge in [-0.25, -0.2) is 14.8 Å². The van der Waals surface area contributed by atoms with Gasteiger partial charge in [0.25, 0.3) is 0 Å². The third kappa shape index (κ3) is 4.09. The van der Waals surface area contributed by atoms with Crippen LogP contribution in [0.3, 0.4) is 0 Å². The van der Waals surface area contributed by atoms with Crippen LogP contribution in [0.5, 0.6) is 0 Å². The van der Waals surface area contributed by atoms with Crippen LogP contribution in [0.25, 0.3) is 11.0 Å². The maximum absolute atomic E-state index is 12.7. The van der Waals surface area contributed by atoms with Crippen LogP contribution < -0.4 is 4.90 Å². The van der Waals surface area contributed by atoms with Crippen LogP contribution in [-0.2, 0) is 4.74 Å². The number of hydrogen-bond donors (Lipinski definition) is 0. The number of piperazine rings is 1. The van der Waals surface area contributed by atoms with Crippen LogP contribution in [0, 0.1) is 13.8 Å². The van der Waals surface area contributed by atoms with Crippen molar-refractivity contribution in [3.8, 4) is 0 Å². The average Bonchev–Trinajstić information content (AvgIpc) is 2.54. The van der Waals surface area contributed by atoms with Gasteiger partial charge in [-0.15, -0.1) is 0 Å². The molecule has 2 unspecified atom stereocenters. The lowest BCUT2D eigenvalue weighted by molar-refractivity contribution is 0.00568. The van der Waals surface area contributed by atoms with E-state index in [-0.39, 0.29) is 18.2 Å². The van der Waals surface area contributed by atoms with E-state index in [2.05, 4.69) is 40.7 Å². The van der Waals surface area contributed by atoms with Crippen molar-refractivity contribution in [2.75, 3.05) is 18.0 Å². The number of ether oxygens (including phenoxy) is 1. The Morgan fingerprint density at radius 1 is 1.07 bits per heavy atom. The summed E-state index contributed by atoms with van der Waals surface area (Å²) < 4.78 is 6.55. The summed E-state index contributed by atoms with van der Waals surface area (Å²) in [7, 11) is 0. The topological polar surface area (TPSA) is 58.6 Å². The molecule has 0 saturated carbocycles. The molecule has 2 heterocycles. The van der Waals surface area contributed by atoms with Gasteiger partial charge < -0.3 is 9.64 Å². The number of rotatable bonds is 1. The molecule has 1 fully saturated rings. The second-order valence-electron chi connectivity index (χ2n) is 8.65. The molecule has 0 N–H and O–H groups in total. The van der Waals surface area contributed by atoms with E-state index >= 15 is 0 Å². The van der Waals surface area contributed by atoms with E-state index in [1.165, 1.54) is 0 Å². The van der Waals surface area contributed by atoms with Crippen molar-refractivity contribution in [1.29, 1.82) is 0 Å². The van der Waals surface area contributed by atoms with Gasteiger partial charge in [-0.1, -0.05) is 0 Å². The van der Waals surface area contributed by atoms with Crippen molar-refractivity contribution in [3.05, 3.63) is 28.0 Å². The highest BCUT2D eigenvalue weighted by Crippen LogP contribution is 2.33. The smallest absolute Gasteiger partial charge is 0.410 e. The zero-order valence-electron chi connectivity index (χ0n) is 17.7. The van der Waals surface area contributed by atoms with Crippen LogP contribution in [0.1, 0.15) is 46.0 Å². The molecular formula is C21H29BrN4O2. The number of carbonyl (C=O) groups excluding carboxylic acids is 1. The zero-order chi connectivity index (χ0) is 20.8. The minimum Gasteiger partial charge on any atom is -0.444 e. The van der Waals surface area contributed by atoms with Crippen molar-refractivity contribution in [1.82, 2.24) is 14.9 Å². The van der Waals surface area contributed by atoms with Crippen molar-refractivity contribution in [2.45, 2.75) is 66.2 Å². The van der Waals surface area contributed by atoms with Gasteiger partial charge in [0.2, 0.25) is 0 Å². The number of carbonyl (C=O) groups is 1. The molecule has 1 aliphatic heterocycles. The molecule has 152 valence electrons. The largest absolute Gasteiger partial charge is 0.444 e. The predicted octanol–water partition coefficient (Wildman–Crippen LogP) is 4.84. The number of hydrogen-bond acceptors (Lipinski definition) is 5. The quantitative estimate of drug-likeness (QED) is 0.624. The Morgan fingerprint density at radius 3 is 2.14 bits per heavy atom. The first-order valence-corrected chi connectivity index (χ1v) is 10.5. The van der Waals surface area contributed by atoms with E-state index in [1.54, 1.807) is 0 Å². The Bertz CT molecular complexity index is 897. The van der Waals surface area contributed by atoms with Crippen LogP contribution in [0.15, 0.2) is 16.6 Å². The van der Waals surface area contributed by atoms with E-state index in [0.717, 1.165) is 45.7 Å². The van der Waals surface area contributed by atoms with Gasteiger partial charge in [0.15, 0.2) is 0 Å². The minimum absolute atomic E-state index is 0.0248. The lowest BCUT2D eigenvalue weighted by Crippen LogP contribution is -2.59. The molecule has 0 aliphatic carbocycles. The number of fused-ring (bicyclic) bond motifs is 1. The van der Waals surface area contributed by atoms with E-state index in [9.17, 15) is 4.79 Å². The van der Waals surface area contributed by atoms with E-state index in [0.29, 0.717) is 0 Å². The summed E-state index contributed by atoms with van der Waals surface area (Å²) in [4.78, 5) is 26.4. The highest BCUT2D eigenvalue weighted by molar-refractivity contribution is 9.10. The summed E-state index contributed by atoms with van der Waals surface area (Å²) >= 11 is 3.60. The standard InChI is InChI=1S/C21H29BrN4O2/c1-12-10-25(11-13(2)26(12)20(27)28-21(5,6)7)17-9-8-16(22)18-19(17)24-15(4)14(3)23-18/h8-9,12-13H,10-11H2,1-7H3. The number of aryl methyl sites for hydroxylation is 2. The maximum atomic E-state index is 12.7. The third-order valence-electron chi connectivity index (χ3n) is 5.03. The number of amides is 1. The molecule has 0 bridgehead atoms. The first-order valence-electron chi connectivity index (χ1n) is 9.67. The number of nitrogens with zero attached hydrogens (tertiary/aromatic N) is 4. The van der Waals surface area contributed by atoms with E-state index < -0.39 is 5.60 Å². The number of benzene rings is 1. The van der Waals surface area contributed by atoms with Gasteiger partial charge in [-0.05, 0) is 76.5 Å². The second-order valence-corrected chi connectivity index (χ2v) is 9.50. The molecule has 1 aromatic heterocycles. The fourth-order valence-electron chi connectivity index (χ4n) is 3.71. The number of anilines is 1. The van der Waals surface area contributed by atoms with Gasteiger partial charge in [0, 0.05) is 17.6 Å². The molecule has 1 aliphatic rings. The van der Waals surface area contributed by atoms with Gasteiger partial charge in [0.05, 0.1) is 29.2 Å². The molecule has 3 rings (SSSR count). The number of aromatic nitrogens is 2. The average molecular weight is 449 g/mol. The summed E-state index contributed by atoms with van der Waals surface area (Å²) in [6, 6.07) is 4.16. The molecule has 0 radical (unpaired) electrons. The summed E-state index contributed by atoms with van der Waals surface area (Å²) in [6.07, 6.45) is -0.251. The summed E-state index contributed by atoms with van der Waals surface area (Å²) in [5, 5.41) is 0. The molecule has 2 atom stereocenters. The second kappa shape index (κ2) is 7.50.